The molecule has 26 heavy (non-hydrogen) atoms. The Morgan fingerprint density at radius 3 is 2.88 bits per heavy atom. The minimum absolute atomic E-state index is 0.00136. The monoisotopic (exact) mass is 353 g/mol. The molecule has 1 unspecified atom stereocenters. The molecular formula is C22H29N2O2+. The zero-order valence-electron chi connectivity index (χ0n) is 16.0. The molecule has 0 aromatic heterocycles. The van der Waals surface area contributed by atoms with E-state index in [1.54, 1.807) is 7.11 Å². The van der Waals surface area contributed by atoms with E-state index in [1.807, 2.05) is 0 Å². The van der Waals surface area contributed by atoms with E-state index in [4.69, 9.17) is 4.74 Å². The Labute approximate surface area is 155 Å². The first kappa shape index (κ1) is 15.5. The molecule has 2 aliphatic carbocycles. The average molecular weight is 353 g/mol. The number of piperidine rings is 1. The number of nitrogens with zero attached hydrogens (tertiary/aromatic N) is 1. The molecular weight excluding hydrogens is 324 g/mol. The zero-order valence-corrected chi connectivity index (χ0v) is 16.0. The predicted octanol–water partition coefficient (Wildman–Crippen LogP) is 2.93. The summed E-state index contributed by atoms with van der Waals surface area (Å²) in [4.78, 5) is 13.0. The largest absolute Gasteiger partial charge is 0.469 e. The summed E-state index contributed by atoms with van der Waals surface area (Å²) in [6.07, 6.45) is 4.76. The van der Waals surface area contributed by atoms with Gasteiger partial charge < -0.3 is 14.5 Å². The molecule has 7 atom stereocenters. The lowest BCUT2D eigenvalue weighted by atomic mass is 9.56. The fraction of sp³-hybridized carbons (Fsp3) is 0.682. The van der Waals surface area contributed by atoms with E-state index in [0.717, 1.165) is 6.42 Å². The van der Waals surface area contributed by atoms with Crippen molar-refractivity contribution in [2.45, 2.75) is 49.6 Å². The molecule has 3 heterocycles. The molecule has 5 aliphatic rings. The number of nitrogens with one attached hydrogen (secondary N) is 1. The number of hydrogen-bond acceptors (Lipinski definition) is 3. The minimum atomic E-state index is -0.172. The average Bonchev–Trinajstić information content (AvgIpc) is 3.27. The van der Waals surface area contributed by atoms with Gasteiger partial charge in [0.1, 0.15) is 6.04 Å². The quantitative estimate of drug-likeness (QED) is 0.623. The Morgan fingerprint density at radius 1 is 1.27 bits per heavy atom. The van der Waals surface area contributed by atoms with E-state index in [1.165, 1.54) is 48.1 Å². The topological polar surface area (TPSA) is 38.3 Å². The highest BCUT2D eigenvalue weighted by molar-refractivity contribution is 5.82. The number of ether oxygens (including phenoxy) is 1. The summed E-state index contributed by atoms with van der Waals surface area (Å²) in [7, 11) is 4.06. The Morgan fingerprint density at radius 2 is 2.08 bits per heavy atom. The third-order valence-electron chi connectivity index (χ3n) is 9.62. The van der Waals surface area contributed by atoms with Crippen LogP contribution >= 0.6 is 0 Å². The van der Waals surface area contributed by atoms with E-state index in [0.29, 0.717) is 12.0 Å². The number of likely N-dealkylation sites (N-methyl/N-ethyl adjacent to an activating group) is 1. The maximum absolute atomic E-state index is 13.0. The number of quaternary nitrogens is 1. The van der Waals surface area contributed by atoms with Gasteiger partial charge in [-0.15, -0.1) is 0 Å². The SMILES string of the molecule is COC(=O)[C@H]1C[C@@]23CCC[N+]4(C)CC[C@@]5(c6ccccc6N[C@]15[C@H]2C)[C@H]34. The number of para-hydroxylation sites is 1. The summed E-state index contributed by atoms with van der Waals surface area (Å²) in [5, 5.41) is 3.99. The molecule has 4 nitrogen and oxygen atoms in total. The molecule has 2 bridgehead atoms. The zero-order chi connectivity index (χ0) is 17.9. The van der Waals surface area contributed by atoms with Gasteiger partial charge in [0.2, 0.25) is 0 Å². The van der Waals surface area contributed by atoms with Crippen molar-refractivity contribution in [1.29, 1.82) is 0 Å². The van der Waals surface area contributed by atoms with Crippen LogP contribution in [0, 0.1) is 17.3 Å². The third kappa shape index (κ3) is 1.24. The summed E-state index contributed by atoms with van der Waals surface area (Å²) in [6, 6.07) is 9.52. The number of anilines is 1. The lowest BCUT2D eigenvalue weighted by molar-refractivity contribution is -0.936. The van der Waals surface area contributed by atoms with Crippen LogP contribution in [0.5, 0.6) is 0 Å². The van der Waals surface area contributed by atoms with Crippen LogP contribution < -0.4 is 5.32 Å². The second-order valence-corrected chi connectivity index (χ2v) is 9.93. The second kappa shape index (κ2) is 4.30. The number of rotatable bonds is 1. The van der Waals surface area contributed by atoms with E-state index in [2.05, 4.69) is 43.6 Å². The van der Waals surface area contributed by atoms with Crippen molar-refractivity contribution < 1.29 is 14.0 Å². The summed E-state index contributed by atoms with van der Waals surface area (Å²) >= 11 is 0. The van der Waals surface area contributed by atoms with Gasteiger partial charge in [-0.05, 0) is 36.8 Å². The van der Waals surface area contributed by atoms with E-state index in [-0.39, 0.29) is 28.3 Å². The predicted molar refractivity (Wildman–Crippen MR) is 99.8 cm³/mol. The number of fused-ring (bicyclic) bond motifs is 1. The normalized spacial score (nSPS) is 52.2. The van der Waals surface area contributed by atoms with Crippen molar-refractivity contribution in [1.82, 2.24) is 0 Å². The highest BCUT2D eigenvalue weighted by Gasteiger charge is 2.89. The number of benzene rings is 1. The number of hydrogen-bond donors (Lipinski definition) is 1. The standard InChI is InChI=1S/C22H29N2O2/c1-14-20-9-6-11-24(2)12-10-21(19(20)24)15-7-4-5-8-17(15)23-22(14,21)16(13-20)18(25)26-3/h4-5,7-8,14,16,19,23H,6,9-13H2,1-3H3/q+1/t14-,16+,19-,20-,21+,22+,24?/m0/s1. The lowest BCUT2D eigenvalue weighted by Gasteiger charge is -2.54. The summed E-state index contributed by atoms with van der Waals surface area (Å²) in [5.41, 5.74) is 2.92. The van der Waals surface area contributed by atoms with E-state index >= 15 is 0 Å². The van der Waals surface area contributed by atoms with Gasteiger partial charge in [-0.3, -0.25) is 4.79 Å². The number of carbonyl (C=O) groups is 1. The fourth-order valence-corrected chi connectivity index (χ4v) is 9.19. The molecule has 6 rings (SSSR count). The summed E-state index contributed by atoms with van der Waals surface area (Å²) in [5.74, 6) is 0.462. The third-order valence-corrected chi connectivity index (χ3v) is 9.62. The molecule has 4 heteroatoms. The summed E-state index contributed by atoms with van der Waals surface area (Å²) < 4.78 is 6.56. The molecule has 1 N–H and O–H groups in total. The van der Waals surface area contributed by atoms with Gasteiger partial charge in [-0.25, -0.2) is 0 Å². The first-order valence-electron chi connectivity index (χ1n) is 10.3. The van der Waals surface area contributed by atoms with Crippen LogP contribution in [0.2, 0.25) is 0 Å². The molecule has 2 saturated heterocycles. The Kier molecular flexibility index (Phi) is 2.56. The van der Waals surface area contributed by atoms with E-state index in [9.17, 15) is 4.79 Å². The Hall–Kier alpha value is -1.55. The van der Waals surface area contributed by atoms with Gasteiger partial charge in [0.15, 0.2) is 0 Å². The van der Waals surface area contributed by atoms with Gasteiger partial charge in [-0.1, -0.05) is 25.1 Å². The van der Waals surface area contributed by atoms with Crippen LogP contribution in [0.25, 0.3) is 0 Å². The second-order valence-electron chi connectivity index (χ2n) is 9.93. The van der Waals surface area contributed by atoms with Crippen molar-refractivity contribution >= 4 is 11.7 Å². The van der Waals surface area contributed by atoms with Crippen LogP contribution in [0.15, 0.2) is 24.3 Å². The molecule has 3 aliphatic heterocycles. The molecule has 1 aromatic rings. The van der Waals surface area contributed by atoms with Gasteiger partial charge in [0.25, 0.3) is 0 Å². The fourth-order valence-electron chi connectivity index (χ4n) is 9.19. The molecule has 0 amide bonds. The van der Waals surface area contributed by atoms with Crippen molar-refractivity contribution in [3.8, 4) is 0 Å². The van der Waals surface area contributed by atoms with Crippen molar-refractivity contribution in [2.24, 2.45) is 17.3 Å². The van der Waals surface area contributed by atoms with Crippen molar-refractivity contribution in [2.75, 3.05) is 32.6 Å². The highest BCUT2D eigenvalue weighted by Crippen LogP contribution is 2.80. The highest BCUT2D eigenvalue weighted by atomic mass is 16.5. The van der Waals surface area contributed by atoms with Crippen LogP contribution in [-0.4, -0.2) is 49.3 Å². The number of methoxy groups -OCH3 is 1. The maximum atomic E-state index is 13.0. The van der Waals surface area contributed by atoms with Gasteiger partial charge >= 0.3 is 5.97 Å². The van der Waals surface area contributed by atoms with Crippen LogP contribution in [0.1, 0.15) is 38.2 Å². The Bertz CT molecular complexity index is 839. The molecule has 0 radical (unpaired) electrons. The molecule has 138 valence electrons. The molecule has 3 spiro atoms. The first-order valence-corrected chi connectivity index (χ1v) is 10.3. The molecule has 2 saturated carbocycles. The maximum Gasteiger partial charge on any atom is 0.311 e. The number of esters is 1. The summed E-state index contributed by atoms with van der Waals surface area (Å²) in [6.45, 7) is 4.98. The smallest absolute Gasteiger partial charge is 0.311 e. The molecule has 4 fully saturated rings. The van der Waals surface area contributed by atoms with Crippen molar-refractivity contribution in [3.63, 3.8) is 0 Å². The van der Waals surface area contributed by atoms with Gasteiger partial charge in [0, 0.05) is 17.5 Å². The van der Waals surface area contributed by atoms with Gasteiger partial charge in [-0.2, -0.15) is 0 Å². The van der Waals surface area contributed by atoms with Gasteiger partial charge in [0.05, 0.1) is 44.1 Å². The minimum Gasteiger partial charge on any atom is -0.469 e. The first-order chi connectivity index (χ1) is 12.5. The lowest BCUT2D eigenvalue weighted by Crippen LogP contribution is -2.67. The molecule has 1 aromatic carbocycles. The van der Waals surface area contributed by atoms with Crippen LogP contribution in [-0.2, 0) is 14.9 Å². The van der Waals surface area contributed by atoms with Crippen LogP contribution in [0.3, 0.4) is 0 Å². The van der Waals surface area contributed by atoms with Crippen LogP contribution in [0.4, 0.5) is 5.69 Å². The number of carbonyl (C=O) groups excluding carboxylic acids is 1. The van der Waals surface area contributed by atoms with Crippen molar-refractivity contribution in [3.05, 3.63) is 29.8 Å². The Balaban J connectivity index is 1.69. The van der Waals surface area contributed by atoms with E-state index < -0.39 is 0 Å².